The van der Waals surface area contributed by atoms with Gasteiger partial charge < -0.3 is 18.9 Å². The highest BCUT2D eigenvalue weighted by molar-refractivity contribution is 5.87. The summed E-state index contributed by atoms with van der Waals surface area (Å²) in [4.78, 5) is 11.7. The van der Waals surface area contributed by atoms with E-state index in [1.165, 1.54) is 7.11 Å². The minimum absolute atomic E-state index is 0.200. The molecule has 0 aromatic heterocycles. The lowest BCUT2D eigenvalue weighted by atomic mass is 10.1. The Bertz CT molecular complexity index is 250. The lowest BCUT2D eigenvalue weighted by molar-refractivity contribution is -0.190. The van der Waals surface area contributed by atoms with Crippen LogP contribution in [0.15, 0.2) is 0 Å². The molecule has 2 fully saturated rings. The maximum Gasteiger partial charge on any atom is 0.220 e. The third kappa shape index (κ3) is 1.56. The molecule has 80 valence electrons. The van der Waals surface area contributed by atoms with E-state index in [0.29, 0.717) is 6.61 Å². The van der Waals surface area contributed by atoms with Gasteiger partial charge in [0.25, 0.3) is 0 Å². The fourth-order valence-electron chi connectivity index (χ4n) is 1.78. The molecule has 0 unspecified atom stereocenters. The van der Waals surface area contributed by atoms with Crippen molar-refractivity contribution in [2.45, 2.75) is 38.1 Å². The number of carbonyl (C=O) groups excluding carboxylic acids is 1. The van der Waals surface area contributed by atoms with Gasteiger partial charge in [-0.2, -0.15) is 0 Å². The molecule has 5 nitrogen and oxygen atoms in total. The van der Waals surface area contributed by atoms with Crippen molar-refractivity contribution in [2.24, 2.45) is 0 Å². The average Bonchev–Trinajstić information content (AvgIpc) is 2.42. The number of ether oxygens (including phenoxy) is 4. The summed E-state index contributed by atoms with van der Waals surface area (Å²) >= 11 is 0. The highest BCUT2D eigenvalue weighted by atomic mass is 16.8. The van der Waals surface area contributed by atoms with Crippen LogP contribution < -0.4 is 0 Å². The van der Waals surface area contributed by atoms with Crippen LogP contribution in [0.4, 0.5) is 0 Å². The van der Waals surface area contributed by atoms with Gasteiger partial charge in [0.1, 0.15) is 6.10 Å². The second-order valence-electron chi connectivity index (χ2n) is 3.90. The van der Waals surface area contributed by atoms with Gasteiger partial charge in [0.15, 0.2) is 11.9 Å². The summed E-state index contributed by atoms with van der Waals surface area (Å²) in [6, 6.07) is 0. The second kappa shape index (κ2) is 3.27. The van der Waals surface area contributed by atoms with Crippen LogP contribution in [0.25, 0.3) is 0 Å². The molecule has 2 aliphatic rings. The Morgan fingerprint density at radius 1 is 1.43 bits per heavy atom. The van der Waals surface area contributed by atoms with Crippen molar-refractivity contribution in [3.05, 3.63) is 0 Å². The zero-order valence-corrected chi connectivity index (χ0v) is 8.48. The number of carbonyl (C=O) groups is 1. The quantitative estimate of drug-likeness (QED) is 0.602. The fraction of sp³-hybridized carbons (Fsp3) is 0.889. The Kier molecular flexibility index (Phi) is 2.35. The van der Waals surface area contributed by atoms with E-state index in [4.69, 9.17) is 18.9 Å². The molecule has 5 heteroatoms. The molecule has 0 amide bonds. The number of rotatable bonds is 1. The van der Waals surface area contributed by atoms with Crippen molar-refractivity contribution >= 4 is 5.78 Å². The summed E-state index contributed by atoms with van der Waals surface area (Å²) in [6.07, 6.45) is -1.67. The molecule has 0 bridgehead atoms. The Labute approximate surface area is 82.3 Å². The molecule has 2 heterocycles. The molecule has 14 heavy (non-hydrogen) atoms. The number of hydrogen-bond acceptors (Lipinski definition) is 5. The fourth-order valence-corrected chi connectivity index (χ4v) is 1.78. The van der Waals surface area contributed by atoms with Gasteiger partial charge in [0.2, 0.25) is 12.1 Å². The molecule has 2 rings (SSSR count). The third-order valence-corrected chi connectivity index (χ3v) is 2.32. The van der Waals surface area contributed by atoms with E-state index >= 15 is 0 Å². The van der Waals surface area contributed by atoms with Gasteiger partial charge in [0.05, 0.1) is 6.61 Å². The van der Waals surface area contributed by atoms with E-state index < -0.39 is 18.2 Å². The predicted molar refractivity (Wildman–Crippen MR) is 45.6 cm³/mol. The number of fused-ring (bicyclic) bond motifs is 1. The summed E-state index contributed by atoms with van der Waals surface area (Å²) in [6.45, 7) is 3.89. The SMILES string of the molecule is CO[C@@H]1OC[C@H]2OC(C)(C)O[C@H]2C1=O. The second-order valence-corrected chi connectivity index (χ2v) is 3.90. The van der Waals surface area contributed by atoms with Crippen molar-refractivity contribution in [3.63, 3.8) is 0 Å². The van der Waals surface area contributed by atoms with Crippen molar-refractivity contribution in [1.29, 1.82) is 0 Å². The van der Waals surface area contributed by atoms with Gasteiger partial charge in [-0.25, -0.2) is 0 Å². The number of Topliss-reactive ketones (excluding diaryl/α,β-unsaturated/α-hetero) is 1. The van der Waals surface area contributed by atoms with Crippen LogP contribution in [0, 0.1) is 0 Å². The van der Waals surface area contributed by atoms with Crippen LogP contribution in [0.1, 0.15) is 13.8 Å². The van der Waals surface area contributed by atoms with Gasteiger partial charge >= 0.3 is 0 Å². The summed E-state index contributed by atoms with van der Waals surface area (Å²) in [5.41, 5.74) is 0. The van der Waals surface area contributed by atoms with E-state index in [-0.39, 0.29) is 11.9 Å². The highest BCUT2D eigenvalue weighted by Gasteiger charge is 2.50. The third-order valence-electron chi connectivity index (χ3n) is 2.32. The largest absolute Gasteiger partial charge is 0.349 e. The summed E-state index contributed by atoms with van der Waals surface area (Å²) in [7, 11) is 1.43. The van der Waals surface area contributed by atoms with Gasteiger partial charge in [-0.05, 0) is 13.8 Å². The van der Waals surface area contributed by atoms with Crippen LogP contribution in [0.2, 0.25) is 0 Å². The Morgan fingerprint density at radius 3 is 2.79 bits per heavy atom. The zero-order valence-electron chi connectivity index (χ0n) is 8.48. The van der Waals surface area contributed by atoms with Gasteiger partial charge in [-0.15, -0.1) is 0 Å². The minimum atomic E-state index is -0.811. The Balaban J connectivity index is 2.12. The summed E-state index contributed by atoms with van der Waals surface area (Å²) in [5, 5.41) is 0. The first kappa shape index (κ1) is 10.0. The standard InChI is InChI=1S/C9H14O5/c1-9(2)13-5-4-12-8(11-3)6(10)7(5)14-9/h5,7-8H,4H2,1-3H3/t5-,7-,8-/m1/s1. The normalized spacial score (nSPS) is 41.1. The van der Waals surface area contributed by atoms with Gasteiger partial charge in [0, 0.05) is 7.11 Å². The first-order valence-corrected chi connectivity index (χ1v) is 4.57. The van der Waals surface area contributed by atoms with Gasteiger partial charge in [-0.3, -0.25) is 4.79 Å². The molecule has 0 saturated carbocycles. The lowest BCUT2D eigenvalue weighted by Gasteiger charge is -2.27. The Morgan fingerprint density at radius 2 is 2.14 bits per heavy atom. The first-order valence-electron chi connectivity index (χ1n) is 4.57. The lowest BCUT2D eigenvalue weighted by Crippen LogP contribution is -2.48. The smallest absolute Gasteiger partial charge is 0.220 e. The average molecular weight is 202 g/mol. The molecule has 3 atom stereocenters. The molecule has 0 N–H and O–H groups in total. The molecule has 0 aliphatic carbocycles. The molecular weight excluding hydrogens is 188 g/mol. The molecule has 0 aromatic carbocycles. The van der Waals surface area contributed by atoms with Crippen LogP contribution in [0.3, 0.4) is 0 Å². The van der Waals surface area contributed by atoms with E-state index in [9.17, 15) is 4.79 Å². The van der Waals surface area contributed by atoms with Crippen LogP contribution >= 0.6 is 0 Å². The first-order chi connectivity index (χ1) is 6.53. The summed E-state index contributed by atoms with van der Waals surface area (Å²) < 4.78 is 21.0. The number of ketones is 1. The minimum Gasteiger partial charge on any atom is -0.349 e. The molecule has 0 spiro atoms. The monoisotopic (exact) mass is 202 g/mol. The topological polar surface area (TPSA) is 54.0 Å². The molecule has 2 aliphatic heterocycles. The molecule has 2 saturated heterocycles. The van der Waals surface area contributed by atoms with Gasteiger partial charge in [-0.1, -0.05) is 0 Å². The molecule has 0 radical (unpaired) electrons. The zero-order chi connectivity index (χ0) is 10.3. The Hall–Kier alpha value is -0.490. The number of hydrogen-bond donors (Lipinski definition) is 0. The molecule has 0 aromatic rings. The van der Waals surface area contributed by atoms with Crippen LogP contribution in [-0.2, 0) is 23.7 Å². The van der Waals surface area contributed by atoms with Crippen molar-refractivity contribution < 1.29 is 23.7 Å². The molecular formula is C9H14O5. The highest BCUT2D eigenvalue weighted by Crippen LogP contribution is 2.32. The van der Waals surface area contributed by atoms with E-state index in [2.05, 4.69) is 0 Å². The van der Waals surface area contributed by atoms with Crippen molar-refractivity contribution in [3.8, 4) is 0 Å². The maximum absolute atomic E-state index is 11.7. The van der Waals surface area contributed by atoms with Crippen molar-refractivity contribution in [1.82, 2.24) is 0 Å². The van der Waals surface area contributed by atoms with Crippen LogP contribution in [-0.4, -0.2) is 43.8 Å². The predicted octanol–water partition coefficient (Wildman–Crippen LogP) is 0.0783. The van der Waals surface area contributed by atoms with Crippen LogP contribution in [0.5, 0.6) is 0 Å². The maximum atomic E-state index is 11.7. The van der Waals surface area contributed by atoms with E-state index in [0.717, 1.165) is 0 Å². The summed E-state index contributed by atoms with van der Waals surface area (Å²) in [5.74, 6) is -0.911. The van der Waals surface area contributed by atoms with Crippen molar-refractivity contribution in [2.75, 3.05) is 13.7 Å². The van der Waals surface area contributed by atoms with E-state index in [1.807, 2.05) is 0 Å². The van der Waals surface area contributed by atoms with E-state index in [1.54, 1.807) is 13.8 Å². The number of methoxy groups -OCH3 is 1.